The zero-order chi connectivity index (χ0) is 9.56. The summed E-state index contributed by atoms with van der Waals surface area (Å²) in [6, 6.07) is 0.483. The Morgan fingerprint density at radius 1 is 1.58 bits per heavy atom. The number of amides is 1. The average molecular weight is 172 g/mol. The third-order valence-electron chi connectivity index (χ3n) is 2.12. The number of nitrogens with zero attached hydrogens (tertiary/aromatic N) is 1. The summed E-state index contributed by atoms with van der Waals surface area (Å²) >= 11 is 0. The highest BCUT2D eigenvalue weighted by atomic mass is 16.2. The fourth-order valence-corrected chi connectivity index (χ4v) is 0.926. The van der Waals surface area contributed by atoms with E-state index in [1.807, 2.05) is 21.0 Å². The summed E-state index contributed by atoms with van der Waals surface area (Å²) in [5.74, 6) is 0.221. The highest BCUT2D eigenvalue weighted by molar-refractivity contribution is 5.75. The van der Waals surface area contributed by atoms with Crippen LogP contribution in [0.2, 0.25) is 0 Å². The molecule has 0 aromatic rings. The van der Waals surface area contributed by atoms with Gasteiger partial charge in [0, 0.05) is 26.1 Å². The minimum absolute atomic E-state index is 0.221. The van der Waals surface area contributed by atoms with E-state index in [0.29, 0.717) is 12.5 Å². The molecule has 0 bridgehead atoms. The van der Waals surface area contributed by atoms with Gasteiger partial charge in [0.1, 0.15) is 0 Å². The molecule has 0 spiro atoms. The summed E-state index contributed by atoms with van der Waals surface area (Å²) in [5.41, 5.74) is 0. The molecule has 0 saturated heterocycles. The van der Waals surface area contributed by atoms with Crippen LogP contribution in [0.4, 0.5) is 0 Å². The van der Waals surface area contributed by atoms with Crippen LogP contribution >= 0.6 is 0 Å². The Kier molecular flexibility index (Phi) is 5.72. The number of carbonyl (C=O) groups excluding carboxylic acids is 1. The Morgan fingerprint density at radius 3 is 2.58 bits per heavy atom. The van der Waals surface area contributed by atoms with Crippen LogP contribution in [-0.4, -0.2) is 37.5 Å². The highest BCUT2D eigenvalue weighted by Crippen LogP contribution is 1.95. The molecule has 0 heterocycles. The Bertz CT molecular complexity index is 136. The maximum absolute atomic E-state index is 11.1. The predicted molar refractivity (Wildman–Crippen MR) is 51.1 cm³/mol. The van der Waals surface area contributed by atoms with Crippen molar-refractivity contribution in [3.8, 4) is 0 Å². The van der Waals surface area contributed by atoms with Crippen LogP contribution in [-0.2, 0) is 4.79 Å². The van der Waals surface area contributed by atoms with E-state index in [0.717, 1.165) is 13.0 Å². The van der Waals surface area contributed by atoms with Crippen LogP contribution in [0.1, 0.15) is 26.7 Å². The Morgan fingerprint density at radius 2 is 2.17 bits per heavy atom. The quantitative estimate of drug-likeness (QED) is 0.667. The van der Waals surface area contributed by atoms with Crippen LogP contribution in [0.3, 0.4) is 0 Å². The van der Waals surface area contributed by atoms with Gasteiger partial charge in [0.2, 0.25) is 5.91 Å². The van der Waals surface area contributed by atoms with Crippen LogP contribution in [0, 0.1) is 0 Å². The number of nitrogens with one attached hydrogen (secondary N) is 1. The van der Waals surface area contributed by atoms with Crippen molar-refractivity contribution in [3.05, 3.63) is 0 Å². The number of hydrogen-bond donors (Lipinski definition) is 1. The average Bonchev–Trinajstić information content (AvgIpc) is 2.11. The molecule has 3 heteroatoms. The molecule has 0 aromatic carbocycles. The molecule has 0 aliphatic heterocycles. The van der Waals surface area contributed by atoms with Crippen molar-refractivity contribution in [1.29, 1.82) is 0 Å². The van der Waals surface area contributed by atoms with Gasteiger partial charge < -0.3 is 10.2 Å². The molecule has 0 aliphatic carbocycles. The SMILES string of the molecule is CCC(=O)N(C)CCC(C)NC. The van der Waals surface area contributed by atoms with Crippen molar-refractivity contribution < 1.29 is 4.79 Å². The molecule has 0 aliphatic rings. The van der Waals surface area contributed by atoms with Gasteiger partial charge in [-0.25, -0.2) is 0 Å². The lowest BCUT2D eigenvalue weighted by Crippen LogP contribution is -2.31. The molecule has 72 valence electrons. The third kappa shape index (κ3) is 4.34. The Hall–Kier alpha value is -0.570. The van der Waals surface area contributed by atoms with Crippen LogP contribution in [0.25, 0.3) is 0 Å². The van der Waals surface area contributed by atoms with Crippen molar-refractivity contribution >= 4 is 5.91 Å². The summed E-state index contributed by atoms with van der Waals surface area (Å²) in [4.78, 5) is 12.9. The fourth-order valence-electron chi connectivity index (χ4n) is 0.926. The second-order valence-corrected chi connectivity index (χ2v) is 3.15. The molecule has 0 aromatic heterocycles. The molecular formula is C9H20N2O. The van der Waals surface area contributed by atoms with Crippen LogP contribution in [0.5, 0.6) is 0 Å². The lowest BCUT2D eigenvalue weighted by Gasteiger charge is -2.18. The topological polar surface area (TPSA) is 32.3 Å². The molecule has 1 atom stereocenters. The lowest BCUT2D eigenvalue weighted by atomic mass is 10.2. The van der Waals surface area contributed by atoms with Gasteiger partial charge in [-0.15, -0.1) is 0 Å². The van der Waals surface area contributed by atoms with Gasteiger partial charge >= 0.3 is 0 Å². The van der Waals surface area contributed by atoms with Crippen molar-refractivity contribution in [2.24, 2.45) is 0 Å². The molecule has 0 fully saturated rings. The standard InChI is InChI=1S/C9H20N2O/c1-5-9(12)11(4)7-6-8(2)10-3/h8,10H,5-7H2,1-4H3. The Balaban J connectivity index is 3.56. The number of carbonyl (C=O) groups is 1. The fraction of sp³-hybridized carbons (Fsp3) is 0.889. The molecule has 3 nitrogen and oxygen atoms in total. The normalized spacial score (nSPS) is 12.7. The minimum atomic E-state index is 0.221. The van der Waals surface area contributed by atoms with E-state index < -0.39 is 0 Å². The molecule has 12 heavy (non-hydrogen) atoms. The summed E-state index contributed by atoms with van der Waals surface area (Å²) in [5, 5.41) is 3.14. The van der Waals surface area contributed by atoms with Gasteiger partial charge in [0.25, 0.3) is 0 Å². The molecule has 1 unspecified atom stereocenters. The first kappa shape index (κ1) is 11.4. The number of hydrogen-bond acceptors (Lipinski definition) is 2. The van der Waals surface area contributed by atoms with Gasteiger partial charge in [-0.3, -0.25) is 4.79 Å². The second kappa shape index (κ2) is 6.00. The van der Waals surface area contributed by atoms with Crippen molar-refractivity contribution in [2.45, 2.75) is 32.7 Å². The van der Waals surface area contributed by atoms with Crippen LogP contribution in [0.15, 0.2) is 0 Å². The first-order chi connectivity index (χ1) is 5.61. The summed E-state index contributed by atoms with van der Waals surface area (Å²) < 4.78 is 0. The molecular weight excluding hydrogens is 152 g/mol. The van der Waals surface area contributed by atoms with E-state index in [4.69, 9.17) is 0 Å². The van der Waals surface area contributed by atoms with Crippen molar-refractivity contribution in [3.63, 3.8) is 0 Å². The summed E-state index contributed by atoms with van der Waals surface area (Å²) in [6.45, 7) is 4.85. The van der Waals surface area contributed by atoms with E-state index in [-0.39, 0.29) is 5.91 Å². The van der Waals surface area contributed by atoms with Crippen LogP contribution < -0.4 is 5.32 Å². The molecule has 0 radical (unpaired) electrons. The first-order valence-corrected chi connectivity index (χ1v) is 4.53. The minimum Gasteiger partial charge on any atom is -0.346 e. The van der Waals surface area contributed by atoms with Gasteiger partial charge in [-0.2, -0.15) is 0 Å². The smallest absolute Gasteiger partial charge is 0.222 e. The zero-order valence-electron chi connectivity index (χ0n) is 8.55. The Labute approximate surface area is 75.1 Å². The van der Waals surface area contributed by atoms with Gasteiger partial charge in [0.05, 0.1) is 0 Å². The van der Waals surface area contributed by atoms with Crippen molar-refractivity contribution in [1.82, 2.24) is 10.2 Å². The van der Waals surface area contributed by atoms with E-state index in [9.17, 15) is 4.79 Å². The second-order valence-electron chi connectivity index (χ2n) is 3.15. The van der Waals surface area contributed by atoms with E-state index in [1.165, 1.54) is 0 Å². The highest BCUT2D eigenvalue weighted by Gasteiger charge is 2.06. The van der Waals surface area contributed by atoms with Gasteiger partial charge in [0.15, 0.2) is 0 Å². The summed E-state index contributed by atoms with van der Waals surface area (Å²) in [6.07, 6.45) is 1.61. The molecule has 0 rings (SSSR count). The predicted octanol–water partition coefficient (Wildman–Crippen LogP) is 0.853. The largest absolute Gasteiger partial charge is 0.346 e. The lowest BCUT2D eigenvalue weighted by molar-refractivity contribution is -0.129. The van der Waals surface area contributed by atoms with E-state index >= 15 is 0 Å². The maximum atomic E-state index is 11.1. The van der Waals surface area contributed by atoms with E-state index in [1.54, 1.807) is 4.90 Å². The summed E-state index contributed by atoms with van der Waals surface area (Å²) in [7, 11) is 3.79. The molecule has 1 N–H and O–H groups in total. The van der Waals surface area contributed by atoms with E-state index in [2.05, 4.69) is 12.2 Å². The zero-order valence-corrected chi connectivity index (χ0v) is 8.55. The monoisotopic (exact) mass is 172 g/mol. The van der Waals surface area contributed by atoms with Crippen molar-refractivity contribution in [2.75, 3.05) is 20.6 Å². The molecule has 1 amide bonds. The number of rotatable bonds is 5. The van der Waals surface area contributed by atoms with Gasteiger partial charge in [-0.05, 0) is 20.4 Å². The third-order valence-corrected chi connectivity index (χ3v) is 2.12. The molecule has 0 saturated carbocycles. The maximum Gasteiger partial charge on any atom is 0.222 e. The first-order valence-electron chi connectivity index (χ1n) is 4.53. The van der Waals surface area contributed by atoms with Gasteiger partial charge in [-0.1, -0.05) is 6.92 Å².